The topological polar surface area (TPSA) is 85.3 Å². The molecule has 7 nitrogen and oxygen atoms in total. The molecule has 1 aromatic rings. The Labute approximate surface area is 123 Å². The van der Waals surface area contributed by atoms with Gasteiger partial charge in [0.25, 0.3) is 0 Å². The highest BCUT2D eigenvalue weighted by Crippen LogP contribution is 2.22. The first-order chi connectivity index (χ1) is 9.41. The lowest BCUT2D eigenvalue weighted by Crippen LogP contribution is -2.34. The van der Waals surface area contributed by atoms with E-state index in [1.165, 1.54) is 0 Å². The zero-order chi connectivity index (χ0) is 14.8. The number of halogens is 1. The molecule has 1 aliphatic rings. The van der Waals surface area contributed by atoms with E-state index in [4.69, 9.17) is 16.3 Å². The third kappa shape index (κ3) is 3.69. The maximum Gasteiger partial charge on any atom is 0.322 e. The molecule has 0 N–H and O–H groups in total. The largest absolute Gasteiger partial charge is 0.463 e. The standard InChI is InChI=1S/C11H17ClN4O3S/c1-3-5-19-11-14-9(12)13-10(15-11)16(2)8-4-6-20(17,18)7-8/h8H,3-7H2,1-2H3. The molecule has 1 aromatic heterocycles. The summed E-state index contributed by atoms with van der Waals surface area (Å²) in [6.45, 7) is 2.46. The molecule has 0 aromatic carbocycles. The van der Waals surface area contributed by atoms with Gasteiger partial charge in [-0.3, -0.25) is 0 Å². The van der Waals surface area contributed by atoms with E-state index >= 15 is 0 Å². The van der Waals surface area contributed by atoms with Crippen LogP contribution in [0, 0.1) is 0 Å². The van der Waals surface area contributed by atoms with E-state index in [0.29, 0.717) is 19.0 Å². The van der Waals surface area contributed by atoms with Gasteiger partial charge in [-0.2, -0.15) is 15.0 Å². The number of ether oxygens (including phenoxy) is 1. The fraction of sp³-hybridized carbons (Fsp3) is 0.727. The number of sulfone groups is 1. The van der Waals surface area contributed by atoms with Crippen molar-refractivity contribution in [1.82, 2.24) is 15.0 Å². The minimum absolute atomic E-state index is 0.0359. The van der Waals surface area contributed by atoms with Gasteiger partial charge in [-0.25, -0.2) is 8.42 Å². The summed E-state index contributed by atoms with van der Waals surface area (Å²) in [6, 6.07) is 0.0204. The van der Waals surface area contributed by atoms with E-state index < -0.39 is 9.84 Å². The third-order valence-corrected chi connectivity index (χ3v) is 5.00. The van der Waals surface area contributed by atoms with Crippen molar-refractivity contribution in [2.24, 2.45) is 0 Å². The fourth-order valence-electron chi connectivity index (χ4n) is 1.98. The van der Waals surface area contributed by atoms with Crippen LogP contribution in [0.15, 0.2) is 0 Å². The van der Waals surface area contributed by atoms with Gasteiger partial charge in [0.1, 0.15) is 0 Å². The Morgan fingerprint density at radius 2 is 2.15 bits per heavy atom. The van der Waals surface area contributed by atoms with Crippen LogP contribution in [-0.4, -0.2) is 54.6 Å². The van der Waals surface area contributed by atoms with Crippen molar-refractivity contribution in [1.29, 1.82) is 0 Å². The lowest BCUT2D eigenvalue weighted by atomic mass is 10.2. The second-order valence-corrected chi connectivity index (χ2v) is 7.27. The summed E-state index contributed by atoms with van der Waals surface area (Å²) in [5.41, 5.74) is 0. The maximum atomic E-state index is 11.5. The number of nitrogens with zero attached hydrogens (tertiary/aromatic N) is 4. The average Bonchev–Trinajstić information content (AvgIpc) is 2.75. The smallest absolute Gasteiger partial charge is 0.322 e. The van der Waals surface area contributed by atoms with Crippen molar-refractivity contribution >= 4 is 27.4 Å². The SMILES string of the molecule is CCCOc1nc(Cl)nc(N(C)C2CCS(=O)(=O)C2)n1. The molecule has 0 spiro atoms. The predicted molar refractivity (Wildman–Crippen MR) is 76.1 cm³/mol. The van der Waals surface area contributed by atoms with Gasteiger partial charge < -0.3 is 9.64 Å². The van der Waals surface area contributed by atoms with Crippen LogP contribution in [-0.2, 0) is 9.84 Å². The summed E-state index contributed by atoms with van der Waals surface area (Å²) < 4.78 is 28.4. The van der Waals surface area contributed by atoms with Gasteiger partial charge in [-0.1, -0.05) is 6.92 Å². The highest BCUT2D eigenvalue weighted by Gasteiger charge is 2.32. The van der Waals surface area contributed by atoms with Crippen molar-refractivity contribution in [3.8, 4) is 6.01 Å². The summed E-state index contributed by atoms with van der Waals surface area (Å²) in [7, 11) is -1.21. The summed E-state index contributed by atoms with van der Waals surface area (Å²) in [4.78, 5) is 13.8. The summed E-state index contributed by atoms with van der Waals surface area (Å²) in [6.07, 6.45) is 1.39. The van der Waals surface area contributed by atoms with Gasteiger partial charge in [0.2, 0.25) is 11.2 Å². The van der Waals surface area contributed by atoms with Crippen LogP contribution in [0.5, 0.6) is 6.01 Å². The van der Waals surface area contributed by atoms with Crippen LogP contribution in [0.3, 0.4) is 0 Å². The average molecular weight is 321 g/mol. The van der Waals surface area contributed by atoms with Crippen molar-refractivity contribution < 1.29 is 13.2 Å². The first-order valence-electron chi connectivity index (χ1n) is 6.39. The normalized spacial score (nSPS) is 20.9. The predicted octanol–water partition coefficient (Wildman–Crippen LogP) is 0.937. The van der Waals surface area contributed by atoms with Crippen LogP contribution in [0.1, 0.15) is 19.8 Å². The first-order valence-corrected chi connectivity index (χ1v) is 8.59. The van der Waals surface area contributed by atoms with Gasteiger partial charge >= 0.3 is 6.01 Å². The van der Waals surface area contributed by atoms with E-state index in [-0.39, 0.29) is 28.8 Å². The molecule has 2 heterocycles. The Morgan fingerprint density at radius 3 is 2.75 bits per heavy atom. The van der Waals surface area contributed by atoms with E-state index in [2.05, 4.69) is 15.0 Å². The molecule has 1 fully saturated rings. The minimum Gasteiger partial charge on any atom is -0.463 e. The Morgan fingerprint density at radius 1 is 1.40 bits per heavy atom. The molecular weight excluding hydrogens is 304 g/mol. The Kier molecular flexibility index (Phi) is 4.64. The molecule has 1 saturated heterocycles. The van der Waals surface area contributed by atoms with Crippen molar-refractivity contribution in [3.63, 3.8) is 0 Å². The number of rotatable bonds is 5. The molecular formula is C11H17ClN4O3S. The fourth-order valence-corrected chi connectivity index (χ4v) is 3.90. The molecule has 20 heavy (non-hydrogen) atoms. The molecule has 2 rings (SSSR count). The van der Waals surface area contributed by atoms with Crippen LogP contribution < -0.4 is 9.64 Å². The van der Waals surface area contributed by atoms with Crippen LogP contribution >= 0.6 is 11.6 Å². The molecule has 1 aliphatic heterocycles. The Bertz CT molecular complexity index is 581. The quantitative estimate of drug-likeness (QED) is 0.798. The van der Waals surface area contributed by atoms with Crippen LogP contribution in [0.4, 0.5) is 5.95 Å². The Hall–Kier alpha value is -1.15. The number of anilines is 1. The minimum atomic E-state index is -2.96. The molecule has 0 saturated carbocycles. The number of hydrogen-bond acceptors (Lipinski definition) is 7. The van der Waals surface area contributed by atoms with Gasteiger partial charge in [-0.05, 0) is 24.4 Å². The zero-order valence-electron chi connectivity index (χ0n) is 11.4. The van der Waals surface area contributed by atoms with Gasteiger partial charge in [0, 0.05) is 13.1 Å². The number of hydrogen-bond donors (Lipinski definition) is 0. The monoisotopic (exact) mass is 320 g/mol. The van der Waals surface area contributed by atoms with E-state index in [1.54, 1.807) is 11.9 Å². The molecule has 0 aliphatic carbocycles. The molecule has 1 unspecified atom stereocenters. The van der Waals surface area contributed by atoms with Gasteiger partial charge in [-0.15, -0.1) is 0 Å². The van der Waals surface area contributed by atoms with Gasteiger partial charge in [0.15, 0.2) is 9.84 Å². The summed E-state index contributed by atoms with van der Waals surface area (Å²) >= 11 is 5.85. The molecule has 0 amide bonds. The third-order valence-electron chi connectivity index (χ3n) is 3.08. The molecule has 0 bridgehead atoms. The summed E-state index contributed by atoms with van der Waals surface area (Å²) in [5, 5.41) is 0.0359. The highest BCUT2D eigenvalue weighted by atomic mass is 35.5. The maximum absolute atomic E-state index is 11.5. The summed E-state index contributed by atoms with van der Waals surface area (Å²) in [5.74, 6) is 0.635. The second kappa shape index (κ2) is 6.09. The zero-order valence-corrected chi connectivity index (χ0v) is 13.0. The van der Waals surface area contributed by atoms with Crippen molar-refractivity contribution in [2.45, 2.75) is 25.8 Å². The van der Waals surface area contributed by atoms with Crippen molar-refractivity contribution in [2.75, 3.05) is 30.1 Å². The lowest BCUT2D eigenvalue weighted by Gasteiger charge is -2.23. The van der Waals surface area contributed by atoms with Crippen LogP contribution in [0.2, 0.25) is 5.28 Å². The molecule has 0 radical (unpaired) electrons. The van der Waals surface area contributed by atoms with E-state index in [9.17, 15) is 8.42 Å². The van der Waals surface area contributed by atoms with Gasteiger partial charge in [0.05, 0.1) is 18.1 Å². The first kappa shape index (κ1) is 15.2. The molecule has 1 atom stereocenters. The number of aromatic nitrogens is 3. The highest BCUT2D eigenvalue weighted by molar-refractivity contribution is 7.91. The van der Waals surface area contributed by atoms with Crippen LogP contribution in [0.25, 0.3) is 0 Å². The Balaban J connectivity index is 2.17. The van der Waals surface area contributed by atoms with Crippen molar-refractivity contribution in [3.05, 3.63) is 5.28 Å². The molecule has 9 heteroatoms. The lowest BCUT2D eigenvalue weighted by molar-refractivity contribution is 0.291. The molecule has 112 valence electrons. The van der Waals surface area contributed by atoms with E-state index in [0.717, 1.165) is 6.42 Å². The second-order valence-electron chi connectivity index (χ2n) is 4.70. The van der Waals surface area contributed by atoms with E-state index in [1.807, 2.05) is 6.92 Å².